The zero-order chi connectivity index (χ0) is 14.7. The summed E-state index contributed by atoms with van der Waals surface area (Å²) in [7, 11) is 3.38. The van der Waals surface area contributed by atoms with Crippen molar-refractivity contribution in [1.29, 1.82) is 0 Å². The maximum absolute atomic E-state index is 5.49. The zero-order valence-electron chi connectivity index (χ0n) is 12.6. The first-order chi connectivity index (χ1) is 10.3. The lowest BCUT2D eigenvalue weighted by molar-refractivity contribution is 0.390. The first-order valence-corrected chi connectivity index (χ1v) is 7.35. The van der Waals surface area contributed by atoms with E-state index in [0.717, 1.165) is 30.8 Å². The van der Waals surface area contributed by atoms with Crippen molar-refractivity contribution < 1.29 is 9.47 Å². The lowest BCUT2D eigenvalue weighted by atomic mass is 9.93. The molecule has 2 aromatic carbocycles. The number of hydrogen-bond acceptors (Lipinski definition) is 3. The van der Waals surface area contributed by atoms with Crippen LogP contribution in [0.4, 0.5) is 5.69 Å². The molecule has 1 aliphatic heterocycles. The normalized spacial score (nSPS) is 16.8. The molecule has 0 aromatic heterocycles. The van der Waals surface area contributed by atoms with Gasteiger partial charge in [-0.3, -0.25) is 0 Å². The van der Waals surface area contributed by atoms with Gasteiger partial charge in [-0.15, -0.1) is 0 Å². The smallest absolute Gasteiger partial charge is 0.125 e. The molecule has 1 unspecified atom stereocenters. The number of benzene rings is 2. The fourth-order valence-electron chi connectivity index (χ4n) is 2.94. The van der Waals surface area contributed by atoms with Crippen molar-refractivity contribution in [2.45, 2.75) is 25.3 Å². The molecule has 21 heavy (non-hydrogen) atoms. The second-order valence-corrected chi connectivity index (χ2v) is 5.42. The third-order valence-electron chi connectivity index (χ3n) is 4.10. The van der Waals surface area contributed by atoms with Gasteiger partial charge >= 0.3 is 0 Å². The highest BCUT2D eigenvalue weighted by Crippen LogP contribution is 2.30. The Morgan fingerprint density at radius 1 is 1.10 bits per heavy atom. The molecule has 0 radical (unpaired) electrons. The molecule has 0 saturated carbocycles. The number of methoxy groups -OCH3 is 2. The van der Waals surface area contributed by atoms with Gasteiger partial charge in [0.2, 0.25) is 0 Å². The molecule has 0 bridgehead atoms. The van der Waals surface area contributed by atoms with Crippen LogP contribution >= 0.6 is 0 Å². The molecule has 2 aromatic rings. The second-order valence-electron chi connectivity index (χ2n) is 5.42. The van der Waals surface area contributed by atoms with Gasteiger partial charge < -0.3 is 14.8 Å². The predicted molar refractivity (Wildman–Crippen MR) is 85.4 cm³/mol. The van der Waals surface area contributed by atoms with E-state index < -0.39 is 0 Å². The number of fused-ring (bicyclic) bond motifs is 1. The van der Waals surface area contributed by atoms with Gasteiger partial charge in [0.05, 0.1) is 14.2 Å². The maximum atomic E-state index is 5.49. The van der Waals surface area contributed by atoms with Crippen LogP contribution in [0.15, 0.2) is 42.5 Å². The van der Waals surface area contributed by atoms with Crippen molar-refractivity contribution in [2.24, 2.45) is 0 Å². The van der Waals surface area contributed by atoms with E-state index in [2.05, 4.69) is 35.6 Å². The van der Waals surface area contributed by atoms with E-state index >= 15 is 0 Å². The lowest BCUT2D eigenvalue weighted by Crippen LogP contribution is -2.27. The Balaban J connectivity index is 1.76. The van der Waals surface area contributed by atoms with Crippen molar-refractivity contribution in [3.63, 3.8) is 0 Å². The van der Waals surface area contributed by atoms with Crippen LogP contribution in [0.25, 0.3) is 0 Å². The Labute approximate surface area is 125 Å². The Morgan fingerprint density at radius 3 is 2.76 bits per heavy atom. The van der Waals surface area contributed by atoms with Gasteiger partial charge in [0.25, 0.3) is 0 Å². The fourth-order valence-corrected chi connectivity index (χ4v) is 2.94. The summed E-state index contributed by atoms with van der Waals surface area (Å²) in [5.41, 5.74) is 3.90. The number of ether oxygens (including phenoxy) is 2. The van der Waals surface area contributed by atoms with Gasteiger partial charge in [0, 0.05) is 17.8 Å². The van der Waals surface area contributed by atoms with E-state index in [4.69, 9.17) is 9.47 Å². The average molecular weight is 283 g/mol. The third kappa shape index (κ3) is 2.97. The minimum Gasteiger partial charge on any atom is -0.497 e. The highest BCUT2D eigenvalue weighted by atomic mass is 16.5. The fraction of sp³-hybridized carbons (Fsp3) is 0.333. The summed E-state index contributed by atoms with van der Waals surface area (Å²) < 4.78 is 10.7. The zero-order valence-corrected chi connectivity index (χ0v) is 12.6. The van der Waals surface area contributed by atoms with Crippen molar-refractivity contribution >= 4 is 5.69 Å². The molecule has 0 fully saturated rings. The first kappa shape index (κ1) is 13.8. The van der Waals surface area contributed by atoms with Crippen LogP contribution in [0.3, 0.4) is 0 Å². The Morgan fingerprint density at radius 2 is 1.95 bits per heavy atom. The van der Waals surface area contributed by atoms with Gasteiger partial charge in [0.1, 0.15) is 11.5 Å². The number of rotatable bonds is 4. The van der Waals surface area contributed by atoms with Crippen LogP contribution in [0.1, 0.15) is 17.5 Å². The second kappa shape index (κ2) is 6.08. The van der Waals surface area contributed by atoms with Gasteiger partial charge in [-0.2, -0.15) is 0 Å². The van der Waals surface area contributed by atoms with E-state index in [1.807, 2.05) is 12.1 Å². The van der Waals surface area contributed by atoms with Gasteiger partial charge in [0.15, 0.2) is 0 Å². The van der Waals surface area contributed by atoms with Crippen molar-refractivity contribution in [1.82, 2.24) is 0 Å². The molecule has 3 nitrogen and oxygen atoms in total. The average Bonchev–Trinajstić information content (AvgIpc) is 2.55. The van der Waals surface area contributed by atoms with E-state index in [9.17, 15) is 0 Å². The van der Waals surface area contributed by atoms with Gasteiger partial charge in [-0.05, 0) is 42.5 Å². The SMILES string of the molecule is COc1ccc(CC2CCc3ccccc3N2)c(OC)c1. The van der Waals surface area contributed by atoms with Gasteiger partial charge in [-0.25, -0.2) is 0 Å². The maximum Gasteiger partial charge on any atom is 0.125 e. The van der Waals surface area contributed by atoms with E-state index in [1.54, 1.807) is 14.2 Å². The van der Waals surface area contributed by atoms with Crippen molar-refractivity contribution in [3.8, 4) is 11.5 Å². The molecule has 3 rings (SSSR count). The Bertz CT molecular complexity index is 624. The molecule has 1 atom stereocenters. The van der Waals surface area contributed by atoms with Crippen molar-refractivity contribution in [3.05, 3.63) is 53.6 Å². The molecule has 1 aliphatic rings. The molecule has 1 heterocycles. The molecule has 0 saturated heterocycles. The summed E-state index contributed by atoms with van der Waals surface area (Å²) in [4.78, 5) is 0. The lowest BCUT2D eigenvalue weighted by Gasteiger charge is -2.27. The standard InChI is InChI=1S/C18H21NO2/c1-20-16-10-8-14(18(12-16)21-2)11-15-9-7-13-5-3-4-6-17(13)19-15/h3-6,8,10,12,15,19H,7,9,11H2,1-2H3. The summed E-state index contributed by atoms with van der Waals surface area (Å²) in [6, 6.07) is 15.0. The molecular formula is C18H21NO2. The van der Waals surface area contributed by atoms with Crippen LogP contribution in [0, 0.1) is 0 Å². The molecule has 0 amide bonds. The summed E-state index contributed by atoms with van der Waals surface area (Å²) in [5.74, 6) is 1.73. The van der Waals surface area contributed by atoms with Crippen LogP contribution in [-0.4, -0.2) is 20.3 Å². The highest BCUT2D eigenvalue weighted by Gasteiger charge is 2.19. The quantitative estimate of drug-likeness (QED) is 0.928. The van der Waals surface area contributed by atoms with E-state index in [0.29, 0.717) is 6.04 Å². The Kier molecular flexibility index (Phi) is 4.00. The number of hydrogen-bond donors (Lipinski definition) is 1. The minimum absolute atomic E-state index is 0.446. The summed E-state index contributed by atoms with van der Waals surface area (Å²) in [6.45, 7) is 0. The number of nitrogens with one attached hydrogen (secondary N) is 1. The molecular weight excluding hydrogens is 262 g/mol. The third-order valence-corrected chi connectivity index (χ3v) is 4.10. The topological polar surface area (TPSA) is 30.5 Å². The van der Waals surface area contributed by atoms with Crippen LogP contribution < -0.4 is 14.8 Å². The number of aryl methyl sites for hydroxylation is 1. The van der Waals surface area contributed by atoms with E-state index in [-0.39, 0.29) is 0 Å². The predicted octanol–water partition coefficient (Wildman–Crippen LogP) is 3.67. The van der Waals surface area contributed by atoms with Crippen molar-refractivity contribution in [2.75, 3.05) is 19.5 Å². The number of para-hydroxylation sites is 1. The van der Waals surface area contributed by atoms with Crippen LogP contribution in [-0.2, 0) is 12.8 Å². The van der Waals surface area contributed by atoms with E-state index in [1.165, 1.54) is 16.8 Å². The molecule has 0 spiro atoms. The minimum atomic E-state index is 0.446. The molecule has 0 aliphatic carbocycles. The number of anilines is 1. The van der Waals surface area contributed by atoms with Crippen LogP contribution in [0.2, 0.25) is 0 Å². The summed E-state index contributed by atoms with van der Waals surface area (Å²) in [5, 5.41) is 3.64. The molecule has 3 heteroatoms. The largest absolute Gasteiger partial charge is 0.497 e. The monoisotopic (exact) mass is 283 g/mol. The first-order valence-electron chi connectivity index (χ1n) is 7.35. The summed E-state index contributed by atoms with van der Waals surface area (Å²) in [6.07, 6.45) is 3.24. The van der Waals surface area contributed by atoms with Gasteiger partial charge in [-0.1, -0.05) is 24.3 Å². The van der Waals surface area contributed by atoms with Crippen LogP contribution in [0.5, 0.6) is 11.5 Å². The Hall–Kier alpha value is -2.16. The molecule has 110 valence electrons. The summed E-state index contributed by atoms with van der Waals surface area (Å²) >= 11 is 0. The molecule has 1 N–H and O–H groups in total. The highest BCUT2D eigenvalue weighted by molar-refractivity contribution is 5.54.